The molecule has 1 amide bonds. The summed E-state index contributed by atoms with van der Waals surface area (Å²) in [4.78, 5) is 27.4. The highest BCUT2D eigenvalue weighted by Crippen LogP contribution is 2.26. The summed E-state index contributed by atoms with van der Waals surface area (Å²) in [5.74, 6) is 0.107. The van der Waals surface area contributed by atoms with Crippen LogP contribution < -0.4 is 10.2 Å². The first-order chi connectivity index (χ1) is 14.5. The van der Waals surface area contributed by atoms with Gasteiger partial charge in [0.15, 0.2) is 11.7 Å². The van der Waals surface area contributed by atoms with Crippen molar-refractivity contribution < 1.29 is 13.6 Å². The largest absolute Gasteiger partial charge is 0.436 e. The van der Waals surface area contributed by atoms with Crippen LogP contribution in [0.5, 0.6) is 0 Å². The summed E-state index contributed by atoms with van der Waals surface area (Å²) in [7, 11) is 0. The molecule has 1 N–H and O–H groups in total. The van der Waals surface area contributed by atoms with Gasteiger partial charge < -0.3 is 14.6 Å². The molecule has 0 bridgehead atoms. The number of aromatic nitrogens is 5. The van der Waals surface area contributed by atoms with E-state index in [-0.39, 0.29) is 17.1 Å². The van der Waals surface area contributed by atoms with Gasteiger partial charge in [0.05, 0.1) is 29.3 Å². The highest BCUT2D eigenvalue weighted by Gasteiger charge is 2.19. The van der Waals surface area contributed by atoms with Gasteiger partial charge in [0.25, 0.3) is 11.7 Å². The number of hydrogen-bond acceptors (Lipinski definition) is 7. The van der Waals surface area contributed by atoms with E-state index in [9.17, 15) is 9.18 Å². The molecule has 0 saturated carbocycles. The van der Waals surface area contributed by atoms with Gasteiger partial charge in [-0.05, 0) is 31.5 Å². The smallest absolute Gasteiger partial charge is 0.293 e. The summed E-state index contributed by atoms with van der Waals surface area (Å²) in [6, 6.07) is 4.20. The fourth-order valence-corrected chi connectivity index (χ4v) is 3.33. The van der Waals surface area contributed by atoms with Crippen LogP contribution in [0.25, 0.3) is 17.2 Å². The number of carbonyl (C=O) groups excluding carboxylic acids is 1. The van der Waals surface area contributed by atoms with Crippen molar-refractivity contribution in [1.29, 1.82) is 0 Å². The van der Waals surface area contributed by atoms with Gasteiger partial charge in [-0.3, -0.25) is 4.79 Å². The maximum Gasteiger partial charge on any atom is 0.293 e. The van der Waals surface area contributed by atoms with Crippen molar-refractivity contribution in [2.45, 2.75) is 20.3 Å². The molecule has 0 radical (unpaired) electrons. The van der Waals surface area contributed by atoms with E-state index in [1.807, 2.05) is 6.20 Å². The molecule has 10 heteroatoms. The third-order valence-electron chi connectivity index (χ3n) is 4.98. The SMILES string of the molecule is Cc1nc(C)c(C(=O)Nc2ccc(F)c(-c3nc4ncc(N5CCC5)cn4n3)c2)o1. The molecule has 1 saturated heterocycles. The average molecular weight is 407 g/mol. The van der Waals surface area contributed by atoms with Gasteiger partial charge in [0, 0.05) is 25.7 Å². The lowest BCUT2D eigenvalue weighted by Crippen LogP contribution is -2.37. The van der Waals surface area contributed by atoms with E-state index in [0.717, 1.165) is 25.2 Å². The number of halogens is 1. The molecule has 1 aliphatic rings. The molecule has 9 nitrogen and oxygen atoms in total. The van der Waals surface area contributed by atoms with Crippen molar-refractivity contribution in [3.05, 3.63) is 53.8 Å². The molecule has 0 aliphatic carbocycles. The number of oxazole rings is 1. The van der Waals surface area contributed by atoms with Gasteiger partial charge in [0.1, 0.15) is 5.82 Å². The number of nitrogens with zero attached hydrogens (tertiary/aromatic N) is 6. The van der Waals surface area contributed by atoms with Crippen LogP contribution in [0.1, 0.15) is 28.6 Å². The summed E-state index contributed by atoms with van der Waals surface area (Å²) in [6.07, 6.45) is 4.72. The molecule has 30 heavy (non-hydrogen) atoms. The van der Waals surface area contributed by atoms with Gasteiger partial charge >= 0.3 is 0 Å². The van der Waals surface area contributed by atoms with Crippen molar-refractivity contribution in [2.24, 2.45) is 0 Å². The standard InChI is InChI=1S/C20H18FN7O2/c1-11-17(30-12(2)23-11)19(29)24-13-4-5-16(21)15(8-13)18-25-20-22-9-14(10-28(20)26-18)27-6-3-7-27/h4-5,8-10H,3,6-7H2,1-2H3,(H,24,29). The third kappa shape index (κ3) is 3.15. The van der Waals surface area contributed by atoms with Gasteiger partial charge in [-0.2, -0.15) is 4.98 Å². The van der Waals surface area contributed by atoms with E-state index in [0.29, 0.717) is 23.0 Å². The third-order valence-corrected chi connectivity index (χ3v) is 4.98. The lowest BCUT2D eigenvalue weighted by Gasteiger charge is -2.32. The van der Waals surface area contributed by atoms with Crippen LogP contribution in [0.3, 0.4) is 0 Å². The van der Waals surface area contributed by atoms with Crippen LogP contribution >= 0.6 is 0 Å². The number of fused-ring (bicyclic) bond motifs is 1. The zero-order valence-electron chi connectivity index (χ0n) is 16.4. The Kier molecular flexibility index (Phi) is 4.19. The van der Waals surface area contributed by atoms with Crippen LogP contribution in [-0.2, 0) is 0 Å². The maximum absolute atomic E-state index is 14.5. The molecule has 4 aromatic rings. The lowest BCUT2D eigenvalue weighted by atomic mass is 10.1. The van der Waals surface area contributed by atoms with Crippen molar-refractivity contribution in [3.8, 4) is 11.4 Å². The molecule has 0 atom stereocenters. The molecule has 0 unspecified atom stereocenters. The molecule has 1 aromatic carbocycles. The second kappa shape index (κ2) is 6.90. The number of hydrogen-bond donors (Lipinski definition) is 1. The Morgan fingerprint density at radius 3 is 2.77 bits per heavy atom. The normalized spacial score (nSPS) is 13.5. The monoisotopic (exact) mass is 407 g/mol. The first kappa shape index (κ1) is 18.2. The van der Waals surface area contributed by atoms with E-state index < -0.39 is 11.7 Å². The number of aryl methyl sites for hydroxylation is 2. The maximum atomic E-state index is 14.5. The Bertz CT molecular complexity index is 1280. The molecular weight excluding hydrogens is 389 g/mol. The topological polar surface area (TPSA) is 101 Å². The fourth-order valence-electron chi connectivity index (χ4n) is 3.33. The van der Waals surface area contributed by atoms with Crippen molar-refractivity contribution in [2.75, 3.05) is 23.3 Å². The van der Waals surface area contributed by atoms with Crippen LogP contribution in [0.2, 0.25) is 0 Å². The summed E-state index contributed by atoms with van der Waals surface area (Å²) >= 11 is 0. The molecule has 152 valence electrons. The highest BCUT2D eigenvalue weighted by atomic mass is 19.1. The van der Waals surface area contributed by atoms with E-state index in [1.165, 1.54) is 22.7 Å². The zero-order valence-corrected chi connectivity index (χ0v) is 16.4. The molecule has 3 aromatic heterocycles. The Hall–Kier alpha value is -3.82. The lowest BCUT2D eigenvalue weighted by molar-refractivity contribution is 0.0994. The van der Waals surface area contributed by atoms with Gasteiger partial charge in [-0.1, -0.05) is 0 Å². The minimum Gasteiger partial charge on any atom is -0.436 e. The number of carbonyl (C=O) groups is 1. The first-order valence-electron chi connectivity index (χ1n) is 9.50. The Balaban J connectivity index is 1.45. The minimum atomic E-state index is -0.501. The van der Waals surface area contributed by atoms with Gasteiger partial charge in [-0.15, -0.1) is 5.10 Å². The number of benzene rings is 1. The van der Waals surface area contributed by atoms with Crippen molar-refractivity contribution >= 4 is 23.1 Å². The first-order valence-corrected chi connectivity index (χ1v) is 9.50. The second-order valence-electron chi connectivity index (χ2n) is 7.13. The number of anilines is 2. The minimum absolute atomic E-state index is 0.118. The Morgan fingerprint density at radius 1 is 1.23 bits per heavy atom. The Labute approximate surface area is 170 Å². The van der Waals surface area contributed by atoms with Crippen LogP contribution in [0.4, 0.5) is 15.8 Å². The van der Waals surface area contributed by atoms with E-state index in [1.54, 1.807) is 20.0 Å². The van der Waals surface area contributed by atoms with E-state index in [4.69, 9.17) is 4.42 Å². The van der Waals surface area contributed by atoms with Crippen molar-refractivity contribution in [1.82, 2.24) is 24.6 Å². The van der Waals surface area contributed by atoms with Crippen LogP contribution in [0.15, 0.2) is 35.0 Å². The van der Waals surface area contributed by atoms with Gasteiger partial charge in [-0.25, -0.2) is 18.9 Å². The summed E-state index contributed by atoms with van der Waals surface area (Å²) in [6.45, 7) is 5.31. The Morgan fingerprint density at radius 2 is 2.07 bits per heavy atom. The highest BCUT2D eigenvalue weighted by molar-refractivity contribution is 6.03. The zero-order chi connectivity index (χ0) is 20.8. The molecule has 1 fully saturated rings. The van der Waals surface area contributed by atoms with Crippen LogP contribution in [-0.4, -0.2) is 43.6 Å². The van der Waals surface area contributed by atoms with Crippen molar-refractivity contribution in [3.63, 3.8) is 0 Å². The van der Waals surface area contributed by atoms with E-state index >= 15 is 0 Å². The quantitative estimate of drug-likeness (QED) is 0.555. The van der Waals surface area contributed by atoms with E-state index in [2.05, 4.69) is 30.3 Å². The average Bonchev–Trinajstić information content (AvgIpc) is 3.24. The fraction of sp³-hybridized carbons (Fsp3) is 0.250. The summed E-state index contributed by atoms with van der Waals surface area (Å²) in [5.41, 5.74) is 1.98. The number of amides is 1. The molecule has 5 rings (SSSR count). The van der Waals surface area contributed by atoms with Crippen LogP contribution in [0, 0.1) is 19.7 Å². The summed E-state index contributed by atoms with van der Waals surface area (Å²) < 4.78 is 21.4. The molecule has 1 aliphatic heterocycles. The molecular formula is C20H18FN7O2. The predicted octanol–water partition coefficient (Wildman–Crippen LogP) is 3.00. The second-order valence-corrected chi connectivity index (χ2v) is 7.13. The number of rotatable bonds is 4. The molecule has 4 heterocycles. The molecule has 0 spiro atoms. The predicted molar refractivity (Wildman–Crippen MR) is 107 cm³/mol. The summed E-state index contributed by atoms with van der Waals surface area (Å²) in [5, 5.41) is 7.08. The number of nitrogens with one attached hydrogen (secondary N) is 1. The van der Waals surface area contributed by atoms with Gasteiger partial charge in [0.2, 0.25) is 5.76 Å².